The standard InChI is InChI=1S/C15H14F3NO3/c1-21-14(20)12(19)8-11-6-7-13(22-11)9-2-4-10(5-3-9)15(16,17)18/h2-7,12H,8,19H2,1H3. The van der Waals surface area contributed by atoms with Crippen LogP contribution in [0.2, 0.25) is 0 Å². The Balaban J connectivity index is 2.13. The number of benzene rings is 1. The van der Waals surface area contributed by atoms with Crippen LogP contribution in [0.4, 0.5) is 13.2 Å². The number of hydrogen-bond donors (Lipinski definition) is 1. The van der Waals surface area contributed by atoms with E-state index in [9.17, 15) is 18.0 Å². The normalized spacial score (nSPS) is 13.0. The first-order valence-corrected chi connectivity index (χ1v) is 6.41. The lowest BCUT2D eigenvalue weighted by Crippen LogP contribution is -2.33. The first kappa shape index (κ1) is 16.1. The molecule has 1 unspecified atom stereocenters. The third kappa shape index (κ3) is 3.67. The SMILES string of the molecule is COC(=O)C(N)Cc1ccc(-c2ccc(C(F)(F)F)cc2)o1. The summed E-state index contributed by atoms with van der Waals surface area (Å²) in [6, 6.07) is 7.00. The molecule has 1 atom stereocenters. The summed E-state index contributed by atoms with van der Waals surface area (Å²) in [6.45, 7) is 0. The van der Waals surface area contributed by atoms with Crippen LogP contribution in [0.25, 0.3) is 11.3 Å². The van der Waals surface area contributed by atoms with Crippen LogP contribution < -0.4 is 5.73 Å². The van der Waals surface area contributed by atoms with Crippen LogP contribution in [-0.2, 0) is 22.1 Å². The smallest absolute Gasteiger partial charge is 0.416 e. The van der Waals surface area contributed by atoms with Gasteiger partial charge in [-0.15, -0.1) is 0 Å². The average Bonchev–Trinajstić information content (AvgIpc) is 2.94. The van der Waals surface area contributed by atoms with Crippen LogP contribution in [0.5, 0.6) is 0 Å². The monoisotopic (exact) mass is 313 g/mol. The Morgan fingerprint density at radius 3 is 2.41 bits per heavy atom. The van der Waals surface area contributed by atoms with Gasteiger partial charge in [-0.3, -0.25) is 4.79 Å². The number of esters is 1. The molecule has 4 nitrogen and oxygen atoms in total. The number of rotatable bonds is 4. The Morgan fingerprint density at radius 1 is 1.23 bits per heavy atom. The molecule has 22 heavy (non-hydrogen) atoms. The summed E-state index contributed by atoms with van der Waals surface area (Å²) in [5.74, 6) is 0.293. The first-order valence-electron chi connectivity index (χ1n) is 6.41. The van der Waals surface area contributed by atoms with E-state index in [2.05, 4.69) is 4.74 Å². The lowest BCUT2D eigenvalue weighted by atomic mass is 10.1. The maximum atomic E-state index is 12.5. The van der Waals surface area contributed by atoms with Gasteiger partial charge in [0.1, 0.15) is 17.6 Å². The largest absolute Gasteiger partial charge is 0.468 e. The number of furan rings is 1. The quantitative estimate of drug-likeness (QED) is 0.881. The summed E-state index contributed by atoms with van der Waals surface area (Å²) < 4.78 is 47.5. The third-order valence-corrected chi connectivity index (χ3v) is 3.08. The van der Waals surface area contributed by atoms with E-state index < -0.39 is 23.8 Å². The van der Waals surface area contributed by atoms with E-state index in [-0.39, 0.29) is 6.42 Å². The number of carbonyl (C=O) groups is 1. The molecule has 0 aliphatic rings. The molecule has 0 saturated carbocycles. The topological polar surface area (TPSA) is 65.5 Å². The number of methoxy groups -OCH3 is 1. The molecule has 0 radical (unpaired) electrons. The van der Waals surface area contributed by atoms with E-state index in [4.69, 9.17) is 10.2 Å². The molecule has 0 spiro atoms. The molecule has 2 rings (SSSR count). The van der Waals surface area contributed by atoms with Crippen molar-refractivity contribution in [3.63, 3.8) is 0 Å². The Morgan fingerprint density at radius 2 is 1.86 bits per heavy atom. The highest BCUT2D eigenvalue weighted by atomic mass is 19.4. The van der Waals surface area contributed by atoms with Gasteiger partial charge in [-0.2, -0.15) is 13.2 Å². The number of alkyl halides is 3. The maximum absolute atomic E-state index is 12.5. The second-order valence-electron chi connectivity index (χ2n) is 4.67. The molecule has 118 valence electrons. The zero-order valence-electron chi connectivity index (χ0n) is 11.7. The molecular formula is C15H14F3NO3. The van der Waals surface area contributed by atoms with Gasteiger partial charge >= 0.3 is 12.1 Å². The summed E-state index contributed by atoms with van der Waals surface area (Å²) in [5.41, 5.74) is 5.40. The van der Waals surface area contributed by atoms with Gasteiger partial charge in [-0.05, 0) is 24.3 Å². The maximum Gasteiger partial charge on any atom is 0.416 e. The van der Waals surface area contributed by atoms with Gasteiger partial charge < -0.3 is 14.9 Å². The minimum atomic E-state index is -4.37. The van der Waals surface area contributed by atoms with E-state index in [0.29, 0.717) is 17.1 Å². The fourth-order valence-corrected chi connectivity index (χ4v) is 1.92. The molecule has 1 aromatic heterocycles. The van der Waals surface area contributed by atoms with E-state index in [1.54, 1.807) is 12.1 Å². The second-order valence-corrected chi connectivity index (χ2v) is 4.67. The Kier molecular flexibility index (Phi) is 4.56. The lowest BCUT2D eigenvalue weighted by Gasteiger charge is -2.07. The number of halogens is 3. The molecule has 0 aliphatic heterocycles. The van der Waals surface area contributed by atoms with Gasteiger partial charge in [-0.25, -0.2) is 0 Å². The predicted octanol–water partition coefficient (Wildman–Crippen LogP) is 3.01. The molecule has 0 aliphatic carbocycles. The van der Waals surface area contributed by atoms with Crippen molar-refractivity contribution in [1.29, 1.82) is 0 Å². The zero-order chi connectivity index (χ0) is 16.3. The molecule has 0 amide bonds. The van der Waals surface area contributed by atoms with Crippen molar-refractivity contribution in [3.8, 4) is 11.3 Å². The van der Waals surface area contributed by atoms with E-state index >= 15 is 0 Å². The van der Waals surface area contributed by atoms with Gasteiger partial charge in [0.15, 0.2) is 0 Å². The Hall–Kier alpha value is -2.28. The van der Waals surface area contributed by atoms with Crippen LogP contribution in [-0.4, -0.2) is 19.1 Å². The summed E-state index contributed by atoms with van der Waals surface area (Å²) in [5, 5.41) is 0. The van der Waals surface area contributed by atoms with Crippen LogP contribution >= 0.6 is 0 Å². The van der Waals surface area contributed by atoms with E-state index in [0.717, 1.165) is 12.1 Å². The first-order chi connectivity index (χ1) is 10.3. The van der Waals surface area contributed by atoms with Crippen molar-refractivity contribution in [2.75, 3.05) is 7.11 Å². The molecule has 1 aromatic carbocycles. The summed E-state index contributed by atoms with van der Waals surface area (Å²) in [7, 11) is 1.23. The van der Waals surface area contributed by atoms with Gasteiger partial charge in [0.2, 0.25) is 0 Å². The highest BCUT2D eigenvalue weighted by Crippen LogP contribution is 2.31. The fraction of sp³-hybridized carbons (Fsp3) is 0.267. The molecule has 2 N–H and O–H groups in total. The van der Waals surface area contributed by atoms with Crippen LogP contribution in [0, 0.1) is 0 Å². The van der Waals surface area contributed by atoms with Crippen molar-refractivity contribution >= 4 is 5.97 Å². The van der Waals surface area contributed by atoms with Gasteiger partial charge in [0.25, 0.3) is 0 Å². The molecule has 0 saturated heterocycles. The third-order valence-electron chi connectivity index (χ3n) is 3.08. The summed E-state index contributed by atoms with van der Waals surface area (Å²) >= 11 is 0. The molecular weight excluding hydrogens is 299 g/mol. The van der Waals surface area contributed by atoms with Crippen molar-refractivity contribution in [2.24, 2.45) is 5.73 Å². The minimum absolute atomic E-state index is 0.146. The van der Waals surface area contributed by atoms with Crippen LogP contribution in [0.3, 0.4) is 0 Å². The number of hydrogen-bond acceptors (Lipinski definition) is 4. The van der Waals surface area contributed by atoms with Crippen molar-refractivity contribution in [2.45, 2.75) is 18.6 Å². The average molecular weight is 313 g/mol. The van der Waals surface area contributed by atoms with Crippen molar-refractivity contribution in [3.05, 3.63) is 47.7 Å². The number of carbonyl (C=O) groups excluding carboxylic acids is 1. The summed E-state index contributed by atoms with van der Waals surface area (Å²) in [6.07, 6.45) is -4.23. The number of ether oxygens (including phenoxy) is 1. The number of nitrogens with two attached hydrogens (primary N) is 1. The lowest BCUT2D eigenvalue weighted by molar-refractivity contribution is -0.142. The fourth-order valence-electron chi connectivity index (χ4n) is 1.92. The van der Waals surface area contributed by atoms with Crippen molar-refractivity contribution < 1.29 is 27.1 Å². The van der Waals surface area contributed by atoms with Gasteiger partial charge in [0.05, 0.1) is 12.7 Å². The summed E-state index contributed by atoms with van der Waals surface area (Å²) in [4.78, 5) is 11.2. The molecule has 0 fully saturated rings. The van der Waals surface area contributed by atoms with Gasteiger partial charge in [-0.1, -0.05) is 12.1 Å². The minimum Gasteiger partial charge on any atom is -0.468 e. The second kappa shape index (κ2) is 6.23. The predicted molar refractivity (Wildman–Crippen MR) is 72.8 cm³/mol. The van der Waals surface area contributed by atoms with Gasteiger partial charge in [0, 0.05) is 12.0 Å². The van der Waals surface area contributed by atoms with E-state index in [1.807, 2.05) is 0 Å². The molecule has 1 heterocycles. The van der Waals surface area contributed by atoms with E-state index in [1.165, 1.54) is 19.2 Å². The highest BCUT2D eigenvalue weighted by molar-refractivity contribution is 5.75. The Labute approximate surface area is 124 Å². The van der Waals surface area contributed by atoms with Crippen LogP contribution in [0.15, 0.2) is 40.8 Å². The zero-order valence-corrected chi connectivity index (χ0v) is 11.7. The van der Waals surface area contributed by atoms with Crippen molar-refractivity contribution in [1.82, 2.24) is 0 Å². The molecule has 7 heteroatoms. The highest BCUT2D eigenvalue weighted by Gasteiger charge is 2.30. The van der Waals surface area contributed by atoms with Crippen LogP contribution in [0.1, 0.15) is 11.3 Å². The Bertz CT molecular complexity index is 647. The molecule has 2 aromatic rings. The molecule has 0 bridgehead atoms.